The molecule has 12 heteroatoms. The number of hydrogen-bond acceptors (Lipinski definition) is 6. The second-order valence-corrected chi connectivity index (χ2v) is 17.8. The fraction of sp³-hybridized carbons (Fsp3) is 0.300. The lowest BCUT2D eigenvalue weighted by Crippen LogP contribution is -2.30. The van der Waals surface area contributed by atoms with Crippen molar-refractivity contribution in [1.82, 2.24) is 9.56 Å². The lowest BCUT2D eigenvalue weighted by molar-refractivity contribution is 0.171. The van der Waals surface area contributed by atoms with Gasteiger partial charge in [0.1, 0.15) is 11.5 Å². The van der Waals surface area contributed by atoms with Gasteiger partial charge >= 0.3 is 6.85 Å². The molecule has 0 aliphatic heterocycles. The first kappa shape index (κ1) is 27.0. The van der Waals surface area contributed by atoms with Crippen LogP contribution in [0, 0.1) is 0 Å². The Balaban J connectivity index is 2.08. The number of benzene rings is 2. The third-order valence-corrected chi connectivity index (χ3v) is 11.0. The van der Waals surface area contributed by atoms with Gasteiger partial charge in [0.25, 0.3) is 5.34 Å². The summed E-state index contributed by atoms with van der Waals surface area (Å²) in [6.07, 6.45) is 4.07. The molecule has 0 aliphatic rings. The summed E-state index contributed by atoms with van der Waals surface area (Å²) in [6.45, 7) is 2.86. The third kappa shape index (κ3) is 7.95. The highest BCUT2D eigenvalue weighted by Gasteiger charge is 2.44. The molecule has 0 bridgehead atoms. The van der Waals surface area contributed by atoms with E-state index in [0.717, 1.165) is 11.1 Å². The van der Waals surface area contributed by atoms with Crippen molar-refractivity contribution >= 4 is 70.3 Å². The Morgan fingerprint density at radius 1 is 1.06 bits per heavy atom. The van der Waals surface area contributed by atoms with Gasteiger partial charge in [0, 0.05) is 20.4 Å². The van der Waals surface area contributed by atoms with E-state index >= 15 is 0 Å². The second kappa shape index (κ2) is 11.7. The lowest BCUT2D eigenvalue weighted by Gasteiger charge is -2.23. The van der Waals surface area contributed by atoms with Gasteiger partial charge < -0.3 is 9.84 Å². The van der Waals surface area contributed by atoms with E-state index in [1.807, 2.05) is 45.2 Å². The van der Waals surface area contributed by atoms with E-state index in [0.29, 0.717) is 12.2 Å². The third-order valence-electron chi connectivity index (χ3n) is 4.52. The zero-order valence-corrected chi connectivity index (χ0v) is 23.0. The molecule has 0 aliphatic carbocycles. The summed E-state index contributed by atoms with van der Waals surface area (Å²) in [5.74, 6) is 0.915. The van der Waals surface area contributed by atoms with Crippen LogP contribution in [-0.4, -0.2) is 46.5 Å². The predicted molar refractivity (Wildman–Crippen MR) is 145 cm³/mol. The van der Waals surface area contributed by atoms with Crippen molar-refractivity contribution in [3.05, 3.63) is 59.7 Å². The van der Waals surface area contributed by atoms with Crippen LogP contribution < -0.4 is 4.74 Å². The molecule has 172 valence electrons. The number of halogens is 2. The molecule has 2 atom stereocenters. The quantitative estimate of drug-likeness (QED) is 0.202. The molecule has 0 saturated heterocycles. The van der Waals surface area contributed by atoms with Crippen molar-refractivity contribution in [3.63, 3.8) is 0 Å². The van der Waals surface area contributed by atoms with Crippen LogP contribution in [0.3, 0.4) is 0 Å². The molecule has 2 rings (SSSR count). The van der Waals surface area contributed by atoms with Crippen LogP contribution in [-0.2, 0) is 23.6 Å². The molecule has 0 amide bonds. The van der Waals surface area contributed by atoms with Crippen LogP contribution in [0.25, 0.3) is 0 Å². The van der Waals surface area contributed by atoms with Gasteiger partial charge in [-0.05, 0) is 93.9 Å². The summed E-state index contributed by atoms with van der Waals surface area (Å²) in [5, 5.41) is 17.5. The fourth-order valence-electron chi connectivity index (χ4n) is 2.40. The molecule has 0 heterocycles. The molecule has 0 radical (unpaired) electrons. The number of rotatable bonds is 10. The summed E-state index contributed by atoms with van der Waals surface area (Å²) in [7, 11) is 3.49. The van der Waals surface area contributed by atoms with Gasteiger partial charge in [-0.15, -0.1) is 9.88 Å². The Kier molecular flexibility index (Phi) is 9.89. The number of phenols is 1. The number of hydrogen-bond donors (Lipinski definition) is 1. The molecular weight excluding hydrogens is 525 g/mol. The van der Waals surface area contributed by atoms with E-state index in [2.05, 4.69) is 10.2 Å². The topological polar surface area (TPSA) is 60.7 Å². The van der Waals surface area contributed by atoms with Gasteiger partial charge in [0.05, 0.1) is 19.5 Å². The first-order valence-corrected chi connectivity index (χ1v) is 16.4. The van der Waals surface area contributed by atoms with E-state index in [1.54, 1.807) is 48.5 Å². The Labute approximate surface area is 210 Å². The van der Waals surface area contributed by atoms with E-state index < -0.39 is 17.1 Å². The van der Waals surface area contributed by atoms with E-state index in [4.69, 9.17) is 50.8 Å². The van der Waals surface area contributed by atoms with Crippen molar-refractivity contribution in [3.8, 4) is 11.5 Å². The summed E-state index contributed by atoms with van der Waals surface area (Å²) < 4.78 is 9.46. The number of hydrazone groups is 2. The van der Waals surface area contributed by atoms with E-state index in [9.17, 15) is 5.11 Å². The fourth-order valence-corrected chi connectivity index (χ4v) is 4.77. The van der Waals surface area contributed by atoms with Crippen LogP contribution >= 0.6 is 34.2 Å². The number of phenolic OH excluding ortho intramolecular Hbond substituents is 1. The van der Waals surface area contributed by atoms with E-state index in [-0.39, 0.29) is 5.75 Å². The van der Waals surface area contributed by atoms with Crippen LogP contribution in [0.5, 0.6) is 11.5 Å². The highest BCUT2D eigenvalue weighted by Crippen LogP contribution is 2.59. The number of nitrogens with zero attached hydrogens (tertiary/aromatic N) is 4. The van der Waals surface area contributed by atoms with Crippen molar-refractivity contribution < 1.29 is 9.84 Å². The Morgan fingerprint density at radius 3 is 2.06 bits per heavy atom. The van der Waals surface area contributed by atoms with Crippen LogP contribution in [0.1, 0.15) is 31.4 Å². The first-order valence-electron chi connectivity index (χ1n) is 9.55. The van der Waals surface area contributed by atoms with Gasteiger partial charge in [-0.1, -0.05) is 6.92 Å². The van der Waals surface area contributed by atoms with Gasteiger partial charge in [0.2, 0.25) is 4.89 Å². The minimum atomic E-state index is -2.63. The Bertz CT molecular complexity index is 1030. The van der Waals surface area contributed by atoms with Gasteiger partial charge in [-0.25, -0.2) is 4.78 Å². The molecule has 0 fully saturated rings. The molecule has 0 saturated carbocycles. The number of aromatic hydroxyl groups is 1. The Morgan fingerprint density at radius 2 is 1.56 bits per heavy atom. The highest BCUT2D eigenvalue weighted by molar-refractivity contribution is 8.37. The molecule has 2 aromatic rings. The minimum absolute atomic E-state index is 0.213. The van der Waals surface area contributed by atoms with Gasteiger partial charge in [0.15, 0.2) is 11.8 Å². The monoisotopic (exact) mass is 549 g/mol. The molecular formula is C20H25Cl2N4O2P2S2+. The SMILES string of the molecule is CCC(C)(Oc1ccc(C=NN(C)P(=S)(Cl)Cl)cc1)[P+](=S)N(C)N=Cc1ccc(O)cc1. The number of ether oxygens (including phenoxy) is 1. The highest BCUT2D eigenvalue weighted by atomic mass is 35.9. The predicted octanol–water partition coefficient (Wildman–Crippen LogP) is 6.69. The molecule has 6 nitrogen and oxygen atoms in total. The largest absolute Gasteiger partial charge is 0.508 e. The summed E-state index contributed by atoms with van der Waals surface area (Å²) in [6, 6.07) is 14.3. The zero-order valence-electron chi connectivity index (χ0n) is 18.1. The lowest BCUT2D eigenvalue weighted by atomic mass is 10.2. The normalized spacial score (nSPS) is 14.4. The van der Waals surface area contributed by atoms with Crippen molar-refractivity contribution in [2.75, 3.05) is 14.1 Å². The van der Waals surface area contributed by atoms with Crippen molar-refractivity contribution in [2.45, 2.75) is 25.6 Å². The van der Waals surface area contributed by atoms with Crippen LogP contribution in [0.2, 0.25) is 0 Å². The average Bonchev–Trinajstić information content (AvgIpc) is 2.76. The maximum atomic E-state index is 9.40. The maximum absolute atomic E-state index is 9.40. The standard InChI is InChI=1S/C20H24Cl2N4O2P2S2/c1-5-20(2,29(31)25(3)23-14-16-6-10-18(27)11-7-16)28-19-12-8-17(9-13-19)15-24-26(4)30(21,22)32/h6-15H,5H2,1-4H3/p+1. The molecule has 2 unspecified atom stereocenters. The first-order chi connectivity index (χ1) is 14.9. The summed E-state index contributed by atoms with van der Waals surface area (Å²) in [5.41, 5.74) is 1.73. The summed E-state index contributed by atoms with van der Waals surface area (Å²) >= 11 is 22.7. The van der Waals surface area contributed by atoms with Crippen molar-refractivity contribution in [1.29, 1.82) is 0 Å². The van der Waals surface area contributed by atoms with E-state index in [1.165, 1.54) is 4.78 Å². The van der Waals surface area contributed by atoms with Crippen molar-refractivity contribution in [2.24, 2.45) is 10.2 Å². The molecule has 2 aromatic carbocycles. The summed E-state index contributed by atoms with van der Waals surface area (Å²) in [4.78, 5) is -2.63. The smallest absolute Gasteiger partial charge is 0.358 e. The second-order valence-electron chi connectivity index (χ2n) is 6.97. The molecule has 32 heavy (non-hydrogen) atoms. The zero-order chi connectivity index (χ0) is 23.9. The average molecular weight is 550 g/mol. The molecule has 0 spiro atoms. The maximum Gasteiger partial charge on any atom is 0.358 e. The van der Waals surface area contributed by atoms with Crippen LogP contribution in [0.4, 0.5) is 0 Å². The van der Waals surface area contributed by atoms with Gasteiger partial charge in [-0.3, -0.25) is 0 Å². The minimum Gasteiger partial charge on any atom is -0.508 e. The molecule has 0 aromatic heterocycles. The van der Waals surface area contributed by atoms with Gasteiger partial charge in [-0.2, -0.15) is 5.10 Å². The Hall–Kier alpha value is -1.27. The molecule has 1 N–H and O–H groups in total. The van der Waals surface area contributed by atoms with Crippen LogP contribution in [0.15, 0.2) is 58.7 Å².